The lowest BCUT2D eigenvalue weighted by molar-refractivity contribution is -0.182. The number of carbonyl (C=O) groups excluding carboxylic acids is 2. The van der Waals surface area contributed by atoms with Gasteiger partial charge in [0.1, 0.15) is 5.78 Å². The number of Topliss-reactive ketones (excluding diaryl/α,β-unsaturated/α-hetero) is 1. The van der Waals surface area contributed by atoms with E-state index in [4.69, 9.17) is 4.74 Å². The molecule has 4 aliphatic rings. The van der Waals surface area contributed by atoms with Crippen LogP contribution in [-0.2, 0) is 14.3 Å². The zero-order valence-corrected chi connectivity index (χ0v) is 19.8. The molecule has 10 atom stereocenters. The molecular weight excluding hydrogens is 392 g/mol. The molecule has 0 saturated heterocycles. The maximum atomic E-state index is 13.5. The van der Waals surface area contributed by atoms with Crippen LogP contribution in [0.1, 0.15) is 85.5 Å². The molecule has 176 valence electrons. The van der Waals surface area contributed by atoms with Gasteiger partial charge in [-0.3, -0.25) is 9.59 Å². The molecule has 4 rings (SSSR count). The quantitative estimate of drug-likeness (QED) is 0.636. The molecule has 5 nitrogen and oxygen atoms in total. The molecule has 5 heteroatoms. The summed E-state index contributed by atoms with van der Waals surface area (Å²) in [6.07, 6.45) is 6.34. The van der Waals surface area contributed by atoms with E-state index in [9.17, 15) is 19.8 Å². The summed E-state index contributed by atoms with van der Waals surface area (Å²) in [6, 6.07) is 0. The first-order valence-electron chi connectivity index (χ1n) is 12.7. The number of carbonyl (C=O) groups is 2. The Morgan fingerprint density at radius 3 is 2.61 bits per heavy atom. The summed E-state index contributed by atoms with van der Waals surface area (Å²) in [5, 5.41) is 21.8. The number of rotatable bonds is 5. The molecule has 4 fully saturated rings. The van der Waals surface area contributed by atoms with Crippen LogP contribution in [0, 0.1) is 46.3 Å². The van der Waals surface area contributed by atoms with Gasteiger partial charge in [0.25, 0.3) is 0 Å². The molecule has 4 aliphatic carbocycles. The van der Waals surface area contributed by atoms with Crippen LogP contribution in [0.3, 0.4) is 0 Å². The van der Waals surface area contributed by atoms with Crippen LogP contribution in [0.5, 0.6) is 0 Å². The standard InChI is InChI=1S/C26H42O5/c1-5-31-23(30)9-6-15(2)18-7-8-19-24-20(14-22(29)26(18,19)4)25(3)11-10-17(27)12-16(25)13-21(24)28/h15-20,22,24,27,29H,5-14H2,1-4H3/t15-,16-,17+,18+,19+,20-,22-,24+,25-,26+/m0/s1. The Labute approximate surface area is 187 Å². The van der Waals surface area contributed by atoms with Crippen molar-refractivity contribution >= 4 is 11.8 Å². The van der Waals surface area contributed by atoms with Crippen molar-refractivity contribution in [3.63, 3.8) is 0 Å². The van der Waals surface area contributed by atoms with Crippen molar-refractivity contribution in [3.8, 4) is 0 Å². The summed E-state index contributed by atoms with van der Waals surface area (Å²) >= 11 is 0. The largest absolute Gasteiger partial charge is 0.466 e. The van der Waals surface area contributed by atoms with Gasteiger partial charge in [0.15, 0.2) is 0 Å². The van der Waals surface area contributed by atoms with E-state index < -0.39 is 6.10 Å². The lowest BCUT2D eigenvalue weighted by Crippen LogP contribution is -2.61. The van der Waals surface area contributed by atoms with Crippen LogP contribution in [0.2, 0.25) is 0 Å². The SMILES string of the molecule is CCOC(=O)CC[C@H](C)[C@H]1CC[C@@H]2[C@H]3C(=O)C[C@@H]4C[C@H](O)CC[C@]4(C)[C@H]3C[C@H](O)[C@@]21C. The summed E-state index contributed by atoms with van der Waals surface area (Å²) in [5.41, 5.74) is -0.212. The molecule has 31 heavy (non-hydrogen) atoms. The number of ketones is 1. The van der Waals surface area contributed by atoms with Gasteiger partial charge in [-0.15, -0.1) is 0 Å². The third-order valence-electron chi connectivity index (χ3n) is 10.4. The van der Waals surface area contributed by atoms with E-state index in [2.05, 4.69) is 20.8 Å². The molecule has 0 spiro atoms. The molecule has 0 heterocycles. The second-order valence-electron chi connectivity index (χ2n) is 11.7. The fraction of sp³-hybridized carbons (Fsp3) is 0.923. The van der Waals surface area contributed by atoms with E-state index in [-0.39, 0.29) is 46.6 Å². The summed E-state index contributed by atoms with van der Waals surface area (Å²) in [5.74, 6) is 1.64. The van der Waals surface area contributed by atoms with Gasteiger partial charge < -0.3 is 14.9 Å². The van der Waals surface area contributed by atoms with E-state index in [1.165, 1.54) is 0 Å². The molecular formula is C26H42O5. The van der Waals surface area contributed by atoms with Gasteiger partial charge in [0.2, 0.25) is 0 Å². The van der Waals surface area contributed by atoms with E-state index in [1.807, 2.05) is 6.92 Å². The Bertz CT molecular complexity index is 706. The highest BCUT2D eigenvalue weighted by molar-refractivity contribution is 5.83. The van der Waals surface area contributed by atoms with Crippen molar-refractivity contribution < 1.29 is 24.5 Å². The minimum Gasteiger partial charge on any atom is -0.466 e. The molecule has 0 aromatic carbocycles. The smallest absolute Gasteiger partial charge is 0.305 e. The van der Waals surface area contributed by atoms with E-state index in [1.54, 1.807) is 0 Å². The average Bonchev–Trinajstić information content (AvgIpc) is 3.07. The number of aliphatic hydroxyl groups excluding tert-OH is 2. The average molecular weight is 435 g/mol. The Morgan fingerprint density at radius 2 is 1.90 bits per heavy atom. The van der Waals surface area contributed by atoms with Crippen LogP contribution in [0.15, 0.2) is 0 Å². The van der Waals surface area contributed by atoms with Crippen LogP contribution in [0.4, 0.5) is 0 Å². The molecule has 0 aliphatic heterocycles. The van der Waals surface area contributed by atoms with Crippen molar-refractivity contribution in [1.29, 1.82) is 0 Å². The third kappa shape index (κ3) is 3.68. The highest BCUT2D eigenvalue weighted by atomic mass is 16.5. The Balaban J connectivity index is 1.55. The zero-order valence-electron chi connectivity index (χ0n) is 19.8. The number of hydrogen-bond acceptors (Lipinski definition) is 5. The number of ether oxygens (including phenoxy) is 1. The first-order chi connectivity index (χ1) is 14.6. The predicted octanol–water partition coefficient (Wildman–Crippen LogP) is 4.14. The maximum absolute atomic E-state index is 13.5. The Hall–Kier alpha value is -0.940. The normalized spacial score (nSPS) is 47.8. The van der Waals surface area contributed by atoms with Crippen molar-refractivity contribution in [2.75, 3.05) is 6.61 Å². The van der Waals surface area contributed by atoms with Crippen LogP contribution in [0.25, 0.3) is 0 Å². The van der Waals surface area contributed by atoms with Gasteiger partial charge in [0, 0.05) is 24.2 Å². The highest BCUT2D eigenvalue weighted by Crippen LogP contribution is 2.67. The second kappa shape index (κ2) is 8.44. The molecule has 0 aromatic rings. The molecule has 2 N–H and O–H groups in total. The van der Waals surface area contributed by atoms with E-state index in [0.717, 1.165) is 38.5 Å². The lowest BCUT2D eigenvalue weighted by atomic mass is 9.43. The van der Waals surface area contributed by atoms with Gasteiger partial charge in [-0.05, 0) is 86.9 Å². The van der Waals surface area contributed by atoms with E-state index >= 15 is 0 Å². The lowest BCUT2D eigenvalue weighted by Gasteiger charge is -2.61. The number of fused-ring (bicyclic) bond motifs is 5. The summed E-state index contributed by atoms with van der Waals surface area (Å²) in [4.78, 5) is 25.3. The van der Waals surface area contributed by atoms with Gasteiger partial charge in [0.05, 0.1) is 18.8 Å². The molecule has 0 aromatic heterocycles. The van der Waals surface area contributed by atoms with Crippen molar-refractivity contribution in [2.24, 2.45) is 46.3 Å². The minimum atomic E-state index is -0.411. The second-order valence-corrected chi connectivity index (χ2v) is 11.7. The van der Waals surface area contributed by atoms with Gasteiger partial charge in [-0.25, -0.2) is 0 Å². The van der Waals surface area contributed by atoms with Crippen molar-refractivity contribution in [2.45, 2.75) is 97.7 Å². The highest BCUT2D eigenvalue weighted by Gasteiger charge is 2.65. The molecule has 0 radical (unpaired) electrons. The van der Waals surface area contributed by atoms with Crippen molar-refractivity contribution in [1.82, 2.24) is 0 Å². The summed E-state index contributed by atoms with van der Waals surface area (Å²) < 4.78 is 5.11. The minimum absolute atomic E-state index is 0.0483. The van der Waals surface area contributed by atoms with E-state index in [0.29, 0.717) is 43.5 Å². The topological polar surface area (TPSA) is 83.8 Å². The van der Waals surface area contributed by atoms with Crippen LogP contribution >= 0.6 is 0 Å². The van der Waals surface area contributed by atoms with Gasteiger partial charge in [-0.2, -0.15) is 0 Å². The molecule has 0 unspecified atom stereocenters. The maximum Gasteiger partial charge on any atom is 0.305 e. The summed E-state index contributed by atoms with van der Waals surface area (Å²) in [7, 11) is 0. The van der Waals surface area contributed by atoms with Gasteiger partial charge >= 0.3 is 5.97 Å². The Morgan fingerprint density at radius 1 is 1.16 bits per heavy atom. The molecule has 0 bridgehead atoms. The monoisotopic (exact) mass is 434 g/mol. The number of aliphatic hydroxyl groups is 2. The first kappa shape index (κ1) is 23.2. The Kier molecular flexibility index (Phi) is 6.33. The van der Waals surface area contributed by atoms with Crippen molar-refractivity contribution in [3.05, 3.63) is 0 Å². The molecule has 0 amide bonds. The molecule has 4 saturated carbocycles. The number of hydrogen-bond donors (Lipinski definition) is 2. The van der Waals surface area contributed by atoms with Crippen LogP contribution < -0.4 is 0 Å². The fourth-order valence-corrected chi connectivity index (χ4v) is 8.62. The number of esters is 1. The van der Waals surface area contributed by atoms with Gasteiger partial charge in [-0.1, -0.05) is 20.8 Å². The zero-order chi connectivity index (χ0) is 22.6. The third-order valence-corrected chi connectivity index (χ3v) is 10.4. The first-order valence-corrected chi connectivity index (χ1v) is 12.7. The van der Waals surface area contributed by atoms with Crippen LogP contribution in [-0.4, -0.2) is 40.8 Å². The fourth-order valence-electron chi connectivity index (χ4n) is 8.62. The predicted molar refractivity (Wildman–Crippen MR) is 118 cm³/mol. The summed E-state index contributed by atoms with van der Waals surface area (Å²) in [6.45, 7) is 9.01.